The van der Waals surface area contributed by atoms with E-state index in [0.717, 1.165) is 32.2 Å². The molecule has 1 heterocycles. The van der Waals surface area contributed by atoms with E-state index in [1.165, 1.54) is 6.07 Å². The molecular weight excluding hydrogens is 356 g/mol. The van der Waals surface area contributed by atoms with E-state index in [1.54, 1.807) is 6.07 Å². The zero-order valence-corrected chi connectivity index (χ0v) is 14.2. The topological polar surface area (TPSA) is 44.7 Å². The van der Waals surface area contributed by atoms with Crippen LogP contribution in [0.3, 0.4) is 0 Å². The highest BCUT2D eigenvalue weighted by atomic mass is 35.5. The molecule has 1 aliphatic rings. The molecule has 1 fully saturated rings. The molecule has 9 heteroatoms. The van der Waals surface area contributed by atoms with Gasteiger partial charge in [0.2, 0.25) is 0 Å². The molecule has 1 aromatic carbocycles. The van der Waals surface area contributed by atoms with Crippen LogP contribution in [0.4, 0.5) is 13.2 Å². The van der Waals surface area contributed by atoms with Crippen molar-refractivity contribution < 1.29 is 23.0 Å². The van der Waals surface area contributed by atoms with Crippen LogP contribution < -0.4 is 10.1 Å². The van der Waals surface area contributed by atoms with E-state index in [4.69, 9.17) is 0 Å². The Morgan fingerprint density at radius 3 is 2.39 bits per heavy atom. The van der Waals surface area contributed by atoms with Gasteiger partial charge in [-0.3, -0.25) is 4.90 Å². The number of hydrogen-bond donors (Lipinski definition) is 2. The zero-order chi connectivity index (χ0) is 15.5. The molecule has 1 atom stereocenters. The summed E-state index contributed by atoms with van der Waals surface area (Å²) in [6, 6.07) is 4.12. The maximum Gasteiger partial charge on any atom is 0.573 e. The Balaban J connectivity index is 0.00000242. The summed E-state index contributed by atoms with van der Waals surface area (Å²) in [4.78, 5) is 2.16. The standard InChI is InChI=1S/C14H19F3N2O2.2ClH/c1-2-11(19-8-6-18-7-9-19)10-4-3-5-12(13(10)20)21-14(15,16)17;;/h3-5,11,18,20H,2,6-9H2,1H3;2*1H/t11-;;/m0../s1. The van der Waals surface area contributed by atoms with Crippen LogP contribution in [0.25, 0.3) is 0 Å². The van der Waals surface area contributed by atoms with Gasteiger partial charge in [-0.25, -0.2) is 0 Å². The second kappa shape index (κ2) is 9.42. The van der Waals surface area contributed by atoms with Crippen LogP contribution in [-0.4, -0.2) is 42.5 Å². The van der Waals surface area contributed by atoms with Crippen LogP contribution in [0.1, 0.15) is 24.9 Å². The van der Waals surface area contributed by atoms with E-state index in [0.29, 0.717) is 12.0 Å². The number of para-hydroxylation sites is 1. The Morgan fingerprint density at radius 2 is 1.87 bits per heavy atom. The Kier molecular flexibility index (Phi) is 9.05. The summed E-state index contributed by atoms with van der Waals surface area (Å²) >= 11 is 0. The monoisotopic (exact) mass is 376 g/mol. The molecular formula is C14H21Cl2F3N2O2. The van der Waals surface area contributed by atoms with Crippen LogP contribution in [0.2, 0.25) is 0 Å². The summed E-state index contributed by atoms with van der Waals surface area (Å²) in [5.74, 6) is -0.978. The Labute approximate surface area is 145 Å². The molecule has 0 bridgehead atoms. The zero-order valence-electron chi connectivity index (χ0n) is 12.6. The number of nitrogens with one attached hydrogen (secondary N) is 1. The first kappa shape index (κ1) is 22.1. The molecule has 134 valence electrons. The molecule has 2 rings (SSSR count). The lowest BCUT2D eigenvalue weighted by Gasteiger charge is -2.35. The molecule has 1 aliphatic heterocycles. The summed E-state index contributed by atoms with van der Waals surface area (Å²) in [6.07, 6.45) is -4.12. The first-order valence-electron chi connectivity index (χ1n) is 6.94. The van der Waals surface area contributed by atoms with Gasteiger partial charge in [-0.2, -0.15) is 0 Å². The van der Waals surface area contributed by atoms with Gasteiger partial charge in [-0.05, 0) is 12.5 Å². The van der Waals surface area contributed by atoms with Gasteiger partial charge in [0.1, 0.15) is 0 Å². The predicted molar refractivity (Wildman–Crippen MR) is 86.8 cm³/mol. The molecule has 0 radical (unpaired) electrons. The van der Waals surface area contributed by atoms with Crippen molar-refractivity contribution in [3.8, 4) is 11.5 Å². The van der Waals surface area contributed by atoms with E-state index in [2.05, 4.69) is 15.0 Å². The predicted octanol–water partition coefficient (Wildman–Crippen LogP) is 3.49. The van der Waals surface area contributed by atoms with Crippen molar-refractivity contribution in [2.75, 3.05) is 26.2 Å². The first-order valence-corrected chi connectivity index (χ1v) is 6.94. The van der Waals surface area contributed by atoms with Crippen molar-refractivity contribution in [1.29, 1.82) is 0 Å². The number of hydrogen-bond acceptors (Lipinski definition) is 4. The lowest BCUT2D eigenvalue weighted by atomic mass is 10.0. The highest BCUT2D eigenvalue weighted by molar-refractivity contribution is 5.85. The van der Waals surface area contributed by atoms with Crippen LogP contribution in [0.15, 0.2) is 18.2 Å². The molecule has 0 aliphatic carbocycles. The number of benzene rings is 1. The summed E-state index contributed by atoms with van der Waals surface area (Å²) < 4.78 is 40.9. The normalized spacial score (nSPS) is 16.9. The van der Waals surface area contributed by atoms with Gasteiger partial charge in [0.05, 0.1) is 0 Å². The fourth-order valence-corrected chi connectivity index (χ4v) is 2.68. The van der Waals surface area contributed by atoms with Gasteiger partial charge in [-0.1, -0.05) is 19.1 Å². The summed E-state index contributed by atoms with van der Waals surface area (Å²) in [5.41, 5.74) is 0.473. The van der Waals surface area contributed by atoms with E-state index in [9.17, 15) is 18.3 Å². The minimum Gasteiger partial charge on any atom is -0.504 e. The number of alkyl halides is 3. The van der Waals surface area contributed by atoms with Gasteiger partial charge < -0.3 is 15.2 Å². The summed E-state index contributed by atoms with van der Waals surface area (Å²) in [5, 5.41) is 13.3. The highest BCUT2D eigenvalue weighted by Gasteiger charge is 2.33. The van der Waals surface area contributed by atoms with Crippen LogP contribution in [-0.2, 0) is 0 Å². The average molecular weight is 377 g/mol. The molecule has 0 spiro atoms. The Hall–Kier alpha value is -0.890. The largest absolute Gasteiger partial charge is 0.573 e. The Morgan fingerprint density at radius 1 is 1.26 bits per heavy atom. The minimum absolute atomic E-state index is 0. The number of rotatable bonds is 4. The SMILES string of the molecule is CC[C@@H](c1cccc(OC(F)(F)F)c1O)N1CCNCC1.Cl.Cl. The maximum absolute atomic E-state index is 12.3. The van der Waals surface area contributed by atoms with E-state index in [-0.39, 0.29) is 30.9 Å². The van der Waals surface area contributed by atoms with Crippen molar-refractivity contribution in [3.63, 3.8) is 0 Å². The maximum atomic E-state index is 12.3. The number of aromatic hydroxyl groups is 1. The van der Waals surface area contributed by atoms with Gasteiger partial charge in [0.25, 0.3) is 0 Å². The van der Waals surface area contributed by atoms with Gasteiger partial charge >= 0.3 is 6.36 Å². The van der Waals surface area contributed by atoms with E-state index < -0.39 is 17.9 Å². The number of ether oxygens (including phenoxy) is 1. The summed E-state index contributed by atoms with van der Waals surface area (Å²) in [6.45, 7) is 5.19. The number of phenolic OH excluding ortho intramolecular Hbond substituents is 1. The van der Waals surface area contributed by atoms with Crippen LogP contribution in [0, 0.1) is 0 Å². The molecule has 2 N–H and O–H groups in total. The molecule has 4 nitrogen and oxygen atoms in total. The van der Waals surface area contributed by atoms with E-state index >= 15 is 0 Å². The third-order valence-corrected chi connectivity index (χ3v) is 3.59. The molecule has 0 amide bonds. The van der Waals surface area contributed by atoms with Crippen LogP contribution >= 0.6 is 24.8 Å². The Bertz CT molecular complexity index is 484. The number of piperazine rings is 1. The minimum atomic E-state index is -4.81. The summed E-state index contributed by atoms with van der Waals surface area (Å²) in [7, 11) is 0. The van der Waals surface area contributed by atoms with Crippen molar-refractivity contribution in [1.82, 2.24) is 10.2 Å². The van der Waals surface area contributed by atoms with Crippen LogP contribution in [0.5, 0.6) is 11.5 Å². The molecule has 0 aromatic heterocycles. The third-order valence-electron chi connectivity index (χ3n) is 3.59. The van der Waals surface area contributed by atoms with Crippen molar-refractivity contribution in [3.05, 3.63) is 23.8 Å². The average Bonchev–Trinajstić information content (AvgIpc) is 2.43. The van der Waals surface area contributed by atoms with Gasteiger partial charge in [0.15, 0.2) is 11.5 Å². The second-order valence-corrected chi connectivity index (χ2v) is 4.95. The number of phenols is 1. The lowest BCUT2D eigenvalue weighted by Crippen LogP contribution is -2.45. The fraction of sp³-hybridized carbons (Fsp3) is 0.571. The van der Waals surface area contributed by atoms with Crippen molar-refractivity contribution in [2.45, 2.75) is 25.7 Å². The second-order valence-electron chi connectivity index (χ2n) is 4.95. The fourth-order valence-electron chi connectivity index (χ4n) is 2.68. The van der Waals surface area contributed by atoms with Gasteiger partial charge in [0, 0.05) is 37.8 Å². The molecule has 0 saturated carbocycles. The van der Waals surface area contributed by atoms with Gasteiger partial charge in [-0.15, -0.1) is 38.0 Å². The smallest absolute Gasteiger partial charge is 0.504 e. The molecule has 0 unspecified atom stereocenters. The lowest BCUT2D eigenvalue weighted by molar-refractivity contribution is -0.275. The number of nitrogens with zero attached hydrogens (tertiary/aromatic N) is 1. The van der Waals surface area contributed by atoms with Crippen molar-refractivity contribution in [2.24, 2.45) is 0 Å². The number of halogens is 5. The van der Waals surface area contributed by atoms with Crippen molar-refractivity contribution >= 4 is 24.8 Å². The molecule has 1 saturated heterocycles. The molecule has 1 aromatic rings. The quantitative estimate of drug-likeness (QED) is 0.843. The molecule has 23 heavy (non-hydrogen) atoms. The van der Waals surface area contributed by atoms with E-state index in [1.807, 2.05) is 6.92 Å². The first-order chi connectivity index (χ1) is 9.92. The third kappa shape index (κ3) is 5.91. The highest BCUT2D eigenvalue weighted by Crippen LogP contribution is 2.39.